The summed E-state index contributed by atoms with van der Waals surface area (Å²) in [6.07, 6.45) is 6.78. The highest BCUT2D eigenvalue weighted by atomic mass is 32.2. The molecular weight excluding hydrogens is 430 g/mol. The van der Waals surface area contributed by atoms with E-state index in [2.05, 4.69) is 15.3 Å². The van der Waals surface area contributed by atoms with Gasteiger partial charge >= 0.3 is 5.97 Å². The number of rotatable bonds is 8. The van der Waals surface area contributed by atoms with Crippen LogP contribution >= 0.6 is 11.8 Å². The fraction of sp³-hybridized carbons (Fsp3) is 0.174. The molecule has 0 atom stereocenters. The number of aromatic nitrogens is 1. The van der Waals surface area contributed by atoms with E-state index in [0.29, 0.717) is 23.7 Å². The molecule has 164 valence electrons. The Labute approximate surface area is 188 Å². The summed E-state index contributed by atoms with van der Waals surface area (Å²) in [6.45, 7) is 2.47. The predicted molar refractivity (Wildman–Crippen MR) is 126 cm³/mol. The van der Waals surface area contributed by atoms with Gasteiger partial charge in [0.15, 0.2) is 22.9 Å². The van der Waals surface area contributed by atoms with Gasteiger partial charge in [0.2, 0.25) is 5.88 Å². The van der Waals surface area contributed by atoms with Crippen molar-refractivity contribution in [2.75, 3.05) is 23.9 Å². The van der Waals surface area contributed by atoms with E-state index in [0.717, 1.165) is 22.6 Å². The zero-order valence-corrected chi connectivity index (χ0v) is 18.3. The lowest BCUT2D eigenvalue weighted by Gasteiger charge is -2.11. The molecule has 0 bridgehead atoms. The standard InChI is InChI=1S/C23H21N3O5S/c1-13-10-15(30-8-9-32-2)5-6-17(13)26-22-19(23(28)29)20(27)18(31-22)11-14-12-25-21-16(14)4-3-7-24-21/h3-7,10-12,26-27H,8-9H2,1-2H3,(H,28,29). The number of aliphatic imine (C=N–C) groups is 1. The van der Waals surface area contributed by atoms with Gasteiger partial charge in [0.25, 0.3) is 0 Å². The van der Waals surface area contributed by atoms with Gasteiger partial charge in [-0.05, 0) is 55.2 Å². The molecule has 0 aliphatic carbocycles. The molecule has 0 amide bonds. The number of ether oxygens (including phenoxy) is 1. The highest BCUT2D eigenvalue weighted by molar-refractivity contribution is 7.98. The van der Waals surface area contributed by atoms with Gasteiger partial charge in [-0.15, -0.1) is 0 Å². The van der Waals surface area contributed by atoms with Crippen molar-refractivity contribution < 1.29 is 24.2 Å². The molecule has 2 aromatic heterocycles. The Morgan fingerprint density at radius 2 is 2.19 bits per heavy atom. The van der Waals surface area contributed by atoms with Crippen molar-refractivity contribution in [3.05, 3.63) is 59.0 Å². The number of carboxylic acid groups (broad SMARTS) is 1. The van der Waals surface area contributed by atoms with Crippen LogP contribution < -0.4 is 10.1 Å². The quantitative estimate of drug-likeness (QED) is 0.404. The lowest BCUT2D eigenvalue weighted by molar-refractivity contribution is 0.0695. The number of fused-ring (bicyclic) bond motifs is 1. The first-order valence-corrected chi connectivity index (χ1v) is 11.2. The second kappa shape index (κ2) is 9.19. The van der Waals surface area contributed by atoms with Crippen LogP contribution in [0.4, 0.5) is 17.4 Å². The van der Waals surface area contributed by atoms with E-state index < -0.39 is 11.7 Å². The van der Waals surface area contributed by atoms with Crippen molar-refractivity contribution >= 4 is 53.0 Å². The minimum absolute atomic E-state index is 0.0118. The van der Waals surface area contributed by atoms with E-state index in [1.54, 1.807) is 48.4 Å². The Kier molecular flexibility index (Phi) is 6.18. The van der Waals surface area contributed by atoms with Crippen molar-refractivity contribution in [3.8, 4) is 11.5 Å². The molecule has 1 aliphatic heterocycles. The van der Waals surface area contributed by atoms with E-state index in [-0.39, 0.29) is 17.2 Å². The number of carboxylic acids is 1. The maximum atomic E-state index is 11.8. The third-order valence-corrected chi connectivity index (χ3v) is 5.41. The Morgan fingerprint density at radius 3 is 2.94 bits per heavy atom. The van der Waals surface area contributed by atoms with Gasteiger partial charge in [-0.2, -0.15) is 11.8 Å². The second-order valence-corrected chi connectivity index (χ2v) is 7.99. The van der Waals surface area contributed by atoms with Gasteiger partial charge in [-0.25, -0.2) is 14.8 Å². The molecule has 0 unspecified atom stereocenters. The first-order valence-electron chi connectivity index (χ1n) is 9.77. The van der Waals surface area contributed by atoms with Gasteiger partial charge in [0.1, 0.15) is 5.75 Å². The molecule has 4 rings (SSSR count). The van der Waals surface area contributed by atoms with Crippen LogP contribution in [0, 0.1) is 6.92 Å². The Bertz CT molecular complexity index is 1230. The number of hydrogen-bond acceptors (Lipinski definition) is 8. The number of thioether (sulfide) groups is 1. The molecule has 3 aromatic rings. The molecule has 0 radical (unpaired) electrons. The summed E-state index contributed by atoms with van der Waals surface area (Å²) < 4.78 is 11.4. The highest BCUT2D eigenvalue weighted by Gasteiger charge is 2.26. The number of nitrogens with zero attached hydrogens (tertiary/aromatic N) is 2. The summed E-state index contributed by atoms with van der Waals surface area (Å²) in [5.74, 6) is 0.331. The minimum atomic E-state index is -1.31. The minimum Gasteiger partial charge on any atom is -0.504 e. The lowest BCUT2D eigenvalue weighted by Crippen LogP contribution is -2.02. The lowest BCUT2D eigenvalue weighted by atomic mass is 10.1. The number of aryl methyl sites for hydroxylation is 1. The molecule has 0 fully saturated rings. The van der Waals surface area contributed by atoms with E-state index in [9.17, 15) is 15.0 Å². The fourth-order valence-electron chi connectivity index (χ4n) is 3.24. The average molecular weight is 452 g/mol. The molecule has 8 nitrogen and oxygen atoms in total. The normalized spacial score (nSPS) is 13.4. The summed E-state index contributed by atoms with van der Waals surface area (Å²) in [6, 6.07) is 9.04. The summed E-state index contributed by atoms with van der Waals surface area (Å²) >= 11 is 1.70. The van der Waals surface area contributed by atoms with Gasteiger partial charge in [-0.3, -0.25) is 0 Å². The third-order valence-electron chi connectivity index (χ3n) is 4.84. The summed E-state index contributed by atoms with van der Waals surface area (Å²) in [7, 11) is 0. The number of aromatic carboxylic acids is 1. The molecule has 3 heterocycles. The number of nitrogens with one attached hydrogen (secondary N) is 1. The summed E-state index contributed by atoms with van der Waals surface area (Å²) in [4.78, 5) is 20.2. The molecule has 0 saturated heterocycles. The van der Waals surface area contributed by atoms with Crippen molar-refractivity contribution in [2.24, 2.45) is 4.99 Å². The van der Waals surface area contributed by atoms with Crippen molar-refractivity contribution in [3.63, 3.8) is 0 Å². The maximum Gasteiger partial charge on any atom is 0.345 e. The Morgan fingerprint density at radius 1 is 1.34 bits per heavy atom. The number of anilines is 2. The van der Waals surface area contributed by atoms with E-state index >= 15 is 0 Å². The van der Waals surface area contributed by atoms with Crippen LogP contribution in [0.3, 0.4) is 0 Å². The van der Waals surface area contributed by atoms with Crippen LogP contribution in [0.5, 0.6) is 11.5 Å². The van der Waals surface area contributed by atoms with Crippen LogP contribution in [-0.2, 0) is 0 Å². The monoisotopic (exact) mass is 451 g/mol. The van der Waals surface area contributed by atoms with Gasteiger partial charge in [0, 0.05) is 35.0 Å². The summed E-state index contributed by atoms with van der Waals surface area (Å²) in [5.41, 5.74) is 2.54. The Hall–Kier alpha value is -3.72. The van der Waals surface area contributed by atoms with E-state index in [4.69, 9.17) is 9.15 Å². The van der Waals surface area contributed by atoms with Crippen LogP contribution in [0.1, 0.15) is 27.2 Å². The first-order chi connectivity index (χ1) is 15.5. The fourth-order valence-corrected chi connectivity index (χ4v) is 3.49. The molecule has 0 saturated carbocycles. The maximum absolute atomic E-state index is 11.8. The zero-order chi connectivity index (χ0) is 22.7. The van der Waals surface area contributed by atoms with Gasteiger partial charge in [0.05, 0.1) is 6.61 Å². The largest absolute Gasteiger partial charge is 0.504 e. The average Bonchev–Trinajstić information content (AvgIpc) is 3.31. The SMILES string of the molecule is CSCCOc1ccc(Nc2oc(C=C3C=Nc4ncccc43)c(O)c2C(=O)O)c(C)c1. The topological polar surface area (TPSA) is 117 Å². The molecule has 1 aromatic carbocycles. The number of carbonyl (C=O) groups is 1. The van der Waals surface area contributed by atoms with Crippen LogP contribution in [0.25, 0.3) is 11.6 Å². The number of hydrogen-bond donors (Lipinski definition) is 3. The van der Waals surface area contributed by atoms with Crippen molar-refractivity contribution in [1.82, 2.24) is 4.98 Å². The first kappa shape index (κ1) is 21.5. The smallest absolute Gasteiger partial charge is 0.345 e. The molecule has 0 spiro atoms. The third kappa shape index (κ3) is 4.33. The van der Waals surface area contributed by atoms with Crippen LogP contribution in [0.15, 0.2) is 45.9 Å². The molecule has 32 heavy (non-hydrogen) atoms. The van der Waals surface area contributed by atoms with E-state index in [1.165, 1.54) is 0 Å². The highest BCUT2D eigenvalue weighted by Crippen LogP contribution is 2.39. The number of pyridine rings is 1. The van der Waals surface area contributed by atoms with Crippen LogP contribution in [-0.4, -0.2) is 46.0 Å². The second-order valence-electron chi connectivity index (χ2n) is 7.00. The van der Waals surface area contributed by atoms with Crippen LogP contribution in [0.2, 0.25) is 0 Å². The van der Waals surface area contributed by atoms with Gasteiger partial charge < -0.3 is 24.7 Å². The van der Waals surface area contributed by atoms with E-state index in [1.807, 2.05) is 25.3 Å². The zero-order valence-electron chi connectivity index (χ0n) is 17.5. The molecular formula is C23H21N3O5S. The number of aromatic hydroxyl groups is 1. The number of furan rings is 1. The summed E-state index contributed by atoms with van der Waals surface area (Å²) in [5, 5.41) is 23.2. The predicted octanol–water partition coefficient (Wildman–Crippen LogP) is 5.13. The van der Waals surface area contributed by atoms with Crippen molar-refractivity contribution in [2.45, 2.75) is 6.92 Å². The molecule has 3 N–H and O–H groups in total. The number of benzene rings is 1. The Balaban J connectivity index is 1.64. The molecule has 1 aliphatic rings. The van der Waals surface area contributed by atoms with Crippen molar-refractivity contribution in [1.29, 1.82) is 0 Å². The van der Waals surface area contributed by atoms with Gasteiger partial charge in [-0.1, -0.05) is 0 Å². The number of allylic oxidation sites excluding steroid dienone is 1. The molecule has 9 heteroatoms.